The number of hydrogen-bond acceptors (Lipinski definition) is 4. The molecule has 5 nitrogen and oxygen atoms in total. The van der Waals surface area contributed by atoms with Gasteiger partial charge in [0.1, 0.15) is 22.4 Å². The maximum atomic E-state index is 5.33. The second-order valence-electron chi connectivity index (χ2n) is 11.9. The van der Waals surface area contributed by atoms with Gasteiger partial charge in [0.15, 0.2) is 0 Å². The highest BCUT2D eigenvalue weighted by Crippen LogP contribution is 2.38. The van der Waals surface area contributed by atoms with Crippen LogP contribution in [0.5, 0.6) is 0 Å². The molecule has 0 spiro atoms. The topological polar surface area (TPSA) is 56.5 Å². The lowest BCUT2D eigenvalue weighted by Gasteiger charge is -2.13. The molecule has 5 heteroatoms. The summed E-state index contributed by atoms with van der Waals surface area (Å²) in [5.74, 6) is 0.828. The Morgan fingerprint density at radius 3 is 1.55 bits per heavy atom. The zero-order valence-corrected chi connectivity index (χ0v) is 26.5. The lowest BCUT2D eigenvalue weighted by molar-refractivity contribution is 1.10. The maximum Gasteiger partial charge on any atom is 0.145 e. The highest BCUT2D eigenvalue weighted by Gasteiger charge is 2.22. The average molecular weight is 628 g/mol. The molecule has 9 aromatic rings. The summed E-state index contributed by atoms with van der Waals surface area (Å²) in [6, 6.07) is 58.3. The Bertz CT molecular complexity index is 2500. The number of imidazole rings is 1. The second-order valence-corrected chi connectivity index (χ2v) is 11.9. The first-order valence-corrected chi connectivity index (χ1v) is 16.3. The van der Waals surface area contributed by atoms with E-state index in [1.54, 1.807) is 0 Å². The fourth-order valence-electron chi connectivity index (χ4n) is 6.49. The molecule has 5 aromatic carbocycles. The van der Waals surface area contributed by atoms with Gasteiger partial charge in [-0.05, 0) is 47.5 Å². The largest absolute Gasteiger partial charge is 0.290 e. The number of aromatic nitrogens is 5. The Hall–Kier alpha value is -6.72. The minimum Gasteiger partial charge on any atom is -0.290 e. The van der Waals surface area contributed by atoms with Gasteiger partial charge < -0.3 is 0 Å². The van der Waals surface area contributed by atoms with Crippen molar-refractivity contribution in [1.82, 2.24) is 24.5 Å². The lowest BCUT2D eigenvalue weighted by Crippen LogP contribution is -2.00. The molecule has 0 fully saturated rings. The van der Waals surface area contributed by atoms with E-state index < -0.39 is 0 Å². The molecule has 0 saturated heterocycles. The van der Waals surface area contributed by atoms with Gasteiger partial charge in [-0.2, -0.15) is 0 Å². The van der Waals surface area contributed by atoms with Crippen molar-refractivity contribution in [3.8, 4) is 62.0 Å². The van der Waals surface area contributed by atoms with Gasteiger partial charge in [-0.25, -0.2) is 15.0 Å². The summed E-state index contributed by atoms with van der Waals surface area (Å²) >= 11 is 0. The van der Waals surface area contributed by atoms with Crippen LogP contribution in [0.3, 0.4) is 0 Å². The van der Waals surface area contributed by atoms with Gasteiger partial charge in [0.05, 0.1) is 22.6 Å². The minimum absolute atomic E-state index is 0.781. The van der Waals surface area contributed by atoms with Crippen molar-refractivity contribution in [2.24, 2.45) is 0 Å². The molecule has 49 heavy (non-hydrogen) atoms. The molecule has 0 aliphatic heterocycles. The Morgan fingerprint density at radius 2 is 0.939 bits per heavy atom. The molecule has 0 atom stereocenters. The van der Waals surface area contributed by atoms with E-state index >= 15 is 0 Å². The van der Waals surface area contributed by atoms with E-state index in [2.05, 4.69) is 126 Å². The fourth-order valence-corrected chi connectivity index (χ4v) is 6.49. The van der Waals surface area contributed by atoms with Crippen molar-refractivity contribution in [2.75, 3.05) is 0 Å². The van der Waals surface area contributed by atoms with Crippen LogP contribution in [0.4, 0.5) is 0 Å². The van der Waals surface area contributed by atoms with Crippen molar-refractivity contribution < 1.29 is 0 Å². The van der Waals surface area contributed by atoms with Crippen LogP contribution in [-0.2, 0) is 0 Å². The fraction of sp³-hybridized carbons (Fsp3) is 0. The highest BCUT2D eigenvalue weighted by atomic mass is 15.1. The van der Waals surface area contributed by atoms with Gasteiger partial charge in [0.25, 0.3) is 0 Å². The molecule has 230 valence electrons. The van der Waals surface area contributed by atoms with E-state index in [-0.39, 0.29) is 0 Å². The van der Waals surface area contributed by atoms with Crippen molar-refractivity contribution in [2.45, 2.75) is 0 Å². The first-order chi connectivity index (χ1) is 24.3. The maximum absolute atomic E-state index is 5.33. The van der Waals surface area contributed by atoms with Crippen molar-refractivity contribution in [3.63, 3.8) is 0 Å². The van der Waals surface area contributed by atoms with Crippen LogP contribution in [0, 0.1) is 0 Å². The van der Waals surface area contributed by atoms with Crippen LogP contribution >= 0.6 is 0 Å². The monoisotopic (exact) mass is 627 g/mol. The van der Waals surface area contributed by atoms with Crippen LogP contribution in [0.25, 0.3) is 84.0 Å². The highest BCUT2D eigenvalue weighted by molar-refractivity contribution is 6.07. The van der Waals surface area contributed by atoms with Crippen LogP contribution < -0.4 is 0 Å². The van der Waals surface area contributed by atoms with E-state index in [4.69, 9.17) is 19.9 Å². The predicted molar refractivity (Wildman–Crippen MR) is 199 cm³/mol. The summed E-state index contributed by atoms with van der Waals surface area (Å²) in [6.07, 6.45) is 1.81. The number of fused-ring (bicyclic) bond motifs is 3. The summed E-state index contributed by atoms with van der Waals surface area (Å²) in [4.78, 5) is 20.3. The normalized spacial score (nSPS) is 11.3. The number of pyridine rings is 3. The lowest BCUT2D eigenvalue weighted by atomic mass is 9.99. The zero-order valence-electron chi connectivity index (χ0n) is 26.5. The summed E-state index contributed by atoms with van der Waals surface area (Å²) in [6.45, 7) is 0. The average Bonchev–Trinajstić information content (AvgIpc) is 3.60. The Morgan fingerprint density at radius 1 is 0.388 bits per heavy atom. The number of hydrogen-bond donors (Lipinski definition) is 0. The molecular formula is C44H29N5. The van der Waals surface area contributed by atoms with E-state index in [1.807, 2.05) is 54.7 Å². The Labute approximate surface area is 283 Å². The quantitative estimate of drug-likeness (QED) is 0.184. The molecule has 0 unspecified atom stereocenters. The van der Waals surface area contributed by atoms with Gasteiger partial charge >= 0.3 is 0 Å². The smallest absolute Gasteiger partial charge is 0.145 e. The zero-order chi connectivity index (χ0) is 32.6. The molecule has 0 aliphatic carbocycles. The van der Waals surface area contributed by atoms with Gasteiger partial charge in [-0.3, -0.25) is 9.55 Å². The van der Waals surface area contributed by atoms with Crippen LogP contribution in [0.2, 0.25) is 0 Å². The third kappa shape index (κ3) is 5.24. The number of nitrogens with zero attached hydrogens (tertiary/aromatic N) is 5. The van der Waals surface area contributed by atoms with E-state index in [0.29, 0.717) is 0 Å². The van der Waals surface area contributed by atoms with Crippen LogP contribution in [-0.4, -0.2) is 24.5 Å². The summed E-state index contributed by atoms with van der Waals surface area (Å²) in [5.41, 5.74) is 13.5. The van der Waals surface area contributed by atoms with Crippen molar-refractivity contribution in [3.05, 3.63) is 176 Å². The molecule has 0 saturated carbocycles. The number of para-hydroxylation sites is 1. The van der Waals surface area contributed by atoms with Gasteiger partial charge in [-0.15, -0.1) is 0 Å². The molecule has 9 rings (SSSR count). The minimum atomic E-state index is 0.781. The van der Waals surface area contributed by atoms with E-state index in [9.17, 15) is 0 Å². The van der Waals surface area contributed by atoms with E-state index in [1.165, 1.54) is 0 Å². The molecule has 0 aliphatic rings. The van der Waals surface area contributed by atoms with Crippen molar-refractivity contribution >= 4 is 22.1 Å². The Kier molecular flexibility index (Phi) is 7.06. The summed E-state index contributed by atoms with van der Waals surface area (Å²) in [5, 5.41) is 0. The summed E-state index contributed by atoms with van der Waals surface area (Å²) in [7, 11) is 0. The SMILES string of the molecule is c1ccc(-c2cc(-c3ccc(-c4nc5c6ncccc6nc(-c6ccccc6)c5n4-c4ccccc4)cc3)cc(-c3ccccc3)n2)cc1. The number of benzene rings is 5. The van der Waals surface area contributed by atoms with Crippen LogP contribution in [0.15, 0.2) is 176 Å². The molecule has 0 radical (unpaired) electrons. The molecule has 0 N–H and O–H groups in total. The third-order valence-electron chi connectivity index (χ3n) is 8.85. The van der Waals surface area contributed by atoms with Crippen LogP contribution in [0.1, 0.15) is 0 Å². The molecule has 0 amide bonds. The van der Waals surface area contributed by atoms with Gasteiger partial charge in [0, 0.05) is 34.1 Å². The molecule has 0 bridgehead atoms. The first-order valence-electron chi connectivity index (χ1n) is 16.3. The molecular weight excluding hydrogens is 599 g/mol. The number of rotatable bonds is 6. The Balaban J connectivity index is 1.24. The van der Waals surface area contributed by atoms with Crippen molar-refractivity contribution in [1.29, 1.82) is 0 Å². The second kappa shape index (κ2) is 12.1. The third-order valence-corrected chi connectivity index (χ3v) is 8.85. The predicted octanol–water partition coefficient (Wildman–Crippen LogP) is 10.7. The van der Waals surface area contributed by atoms with E-state index in [0.717, 1.165) is 84.0 Å². The molecule has 4 aromatic heterocycles. The van der Waals surface area contributed by atoms with Gasteiger partial charge in [-0.1, -0.05) is 133 Å². The van der Waals surface area contributed by atoms with Gasteiger partial charge in [0.2, 0.25) is 0 Å². The first kappa shape index (κ1) is 28.5. The summed E-state index contributed by atoms with van der Waals surface area (Å²) < 4.78 is 2.22. The standard InChI is InChI=1S/C44H29N5/c1-5-14-31(15-6-1)38-28-35(29-39(46-38)32-16-7-2-8-17-32)30-23-25-34(26-24-30)44-48-42-41-37(22-13-27-45-41)47-40(33-18-9-3-10-19-33)43(42)49(44)36-20-11-4-12-21-36/h1-29H. The molecule has 4 heterocycles.